The number of benzene rings is 3. The van der Waals surface area contributed by atoms with Crippen molar-refractivity contribution in [2.75, 3.05) is 32.8 Å². The van der Waals surface area contributed by atoms with Crippen molar-refractivity contribution in [1.29, 1.82) is 0 Å². The van der Waals surface area contributed by atoms with Crippen molar-refractivity contribution in [1.82, 2.24) is 4.90 Å². The number of halogens is 1. The molecule has 33 heavy (non-hydrogen) atoms. The van der Waals surface area contributed by atoms with Crippen LogP contribution in [0.15, 0.2) is 72.8 Å². The van der Waals surface area contributed by atoms with Crippen molar-refractivity contribution in [2.45, 2.75) is 18.4 Å². The fourth-order valence-corrected chi connectivity index (χ4v) is 4.68. The number of carbonyl (C=O) groups excluding carboxylic acids is 1. The monoisotopic (exact) mass is 464 g/mol. The van der Waals surface area contributed by atoms with E-state index in [1.54, 1.807) is 18.2 Å². The summed E-state index contributed by atoms with van der Waals surface area (Å²) in [4.78, 5) is 15.1. The van der Waals surface area contributed by atoms with E-state index in [0.717, 1.165) is 29.7 Å². The third-order valence-corrected chi connectivity index (χ3v) is 6.38. The molecule has 0 saturated heterocycles. The summed E-state index contributed by atoms with van der Waals surface area (Å²) >= 11 is 0. The van der Waals surface area contributed by atoms with Crippen LogP contribution >= 0.6 is 0 Å². The lowest BCUT2D eigenvalue weighted by Crippen LogP contribution is -3.00. The molecule has 1 N–H and O–H groups in total. The molecular weight excluding hydrogens is 438 g/mol. The lowest BCUT2D eigenvalue weighted by atomic mass is 9.83. The van der Waals surface area contributed by atoms with Crippen LogP contribution in [0.5, 0.6) is 11.5 Å². The smallest absolute Gasteiger partial charge is 0.164 e. The zero-order chi connectivity index (χ0) is 22.0. The number of carbonyl (C=O) groups is 1. The predicted molar refractivity (Wildman–Crippen MR) is 122 cm³/mol. The number of ether oxygens (including phenoxy) is 2. The number of ketones is 1. The summed E-state index contributed by atoms with van der Waals surface area (Å²) in [6.45, 7) is 2.85. The first-order valence-electron chi connectivity index (χ1n) is 11.1. The molecule has 0 saturated carbocycles. The van der Waals surface area contributed by atoms with E-state index in [1.165, 1.54) is 0 Å². The normalized spacial score (nSPS) is 19.7. The van der Waals surface area contributed by atoms with Gasteiger partial charge in [0, 0.05) is 31.6 Å². The number of Topliss-reactive ketones (excluding diaryl/α,β-unsaturated/α-hetero) is 1. The summed E-state index contributed by atoms with van der Waals surface area (Å²) in [5, 5.41) is 11.9. The molecule has 0 spiro atoms. The molecule has 1 atom stereocenters. The molecule has 5 rings (SSSR count). The van der Waals surface area contributed by atoms with Gasteiger partial charge < -0.3 is 27.0 Å². The Labute approximate surface area is 200 Å². The molecule has 6 heteroatoms. The Hall–Kier alpha value is -2.86. The second-order valence-electron chi connectivity index (χ2n) is 8.44. The molecule has 3 aromatic rings. The Morgan fingerprint density at radius 2 is 1.67 bits per heavy atom. The van der Waals surface area contributed by atoms with Gasteiger partial charge in [-0.2, -0.15) is 0 Å². The molecule has 0 aliphatic carbocycles. The fraction of sp³-hybridized carbons (Fsp3) is 0.296. The van der Waals surface area contributed by atoms with Crippen LogP contribution in [0.3, 0.4) is 0 Å². The van der Waals surface area contributed by atoms with E-state index in [2.05, 4.69) is 11.0 Å². The number of rotatable bonds is 5. The van der Waals surface area contributed by atoms with Gasteiger partial charge in [0.2, 0.25) is 0 Å². The van der Waals surface area contributed by atoms with Gasteiger partial charge in [-0.05, 0) is 41.3 Å². The van der Waals surface area contributed by atoms with Gasteiger partial charge in [0.05, 0.1) is 0 Å². The van der Waals surface area contributed by atoms with Gasteiger partial charge >= 0.3 is 0 Å². The highest BCUT2D eigenvalue weighted by Crippen LogP contribution is 2.35. The summed E-state index contributed by atoms with van der Waals surface area (Å²) in [6.07, 6.45) is 1.21. The van der Waals surface area contributed by atoms with E-state index in [1.807, 2.05) is 48.5 Å². The highest BCUT2D eigenvalue weighted by atomic mass is 35.5. The average Bonchev–Trinajstić information content (AvgIpc) is 3.00. The molecule has 5 nitrogen and oxygen atoms in total. The Morgan fingerprint density at radius 3 is 2.48 bits per heavy atom. The zero-order valence-electron chi connectivity index (χ0n) is 18.4. The number of hydrogen-bond acceptors (Lipinski definition) is 5. The summed E-state index contributed by atoms with van der Waals surface area (Å²) in [7, 11) is 0. The van der Waals surface area contributed by atoms with Gasteiger partial charge in [0.25, 0.3) is 0 Å². The molecule has 1 unspecified atom stereocenters. The van der Waals surface area contributed by atoms with Gasteiger partial charge in [0.1, 0.15) is 18.8 Å². The second kappa shape index (κ2) is 9.96. The third-order valence-electron chi connectivity index (χ3n) is 6.38. The highest BCUT2D eigenvalue weighted by Gasteiger charge is 2.37. The maximum Gasteiger partial charge on any atom is 0.164 e. The van der Waals surface area contributed by atoms with Crippen LogP contribution in [0.2, 0.25) is 0 Å². The van der Waals surface area contributed by atoms with Crippen molar-refractivity contribution in [3.63, 3.8) is 0 Å². The largest absolute Gasteiger partial charge is 1.00 e. The van der Waals surface area contributed by atoms with Crippen LogP contribution < -0.4 is 21.9 Å². The number of nitrogens with zero attached hydrogens (tertiary/aromatic N) is 1. The molecule has 2 aliphatic rings. The van der Waals surface area contributed by atoms with Crippen molar-refractivity contribution in [3.05, 3.63) is 95.1 Å². The van der Waals surface area contributed by atoms with E-state index in [0.29, 0.717) is 49.8 Å². The minimum absolute atomic E-state index is 0. The summed E-state index contributed by atoms with van der Waals surface area (Å²) in [5.41, 5.74) is 2.49. The quantitative estimate of drug-likeness (QED) is 0.567. The molecule has 2 aliphatic heterocycles. The molecule has 0 bridgehead atoms. The highest BCUT2D eigenvalue weighted by molar-refractivity contribution is 5.96. The predicted octanol–water partition coefficient (Wildman–Crippen LogP) is 0.829. The van der Waals surface area contributed by atoms with Crippen molar-refractivity contribution in [2.24, 2.45) is 0 Å². The fourth-order valence-electron chi connectivity index (χ4n) is 4.68. The molecular formula is C27H27ClNO4-. The van der Waals surface area contributed by atoms with Crippen LogP contribution in [0.1, 0.15) is 33.5 Å². The van der Waals surface area contributed by atoms with Crippen LogP contribution in [-0.4, -0.2) is 48.6 Å². The molecule has 3 aromatic carbocycles. The Balaban J connectivity index is 0.00000259. The van der Waals surface area contributed by atoms with Crippen molar-refractivity contribution < 1.29 is 31.8 Å². The standard InChI is InChI=1S/C27H27NO4.ClH/c29-24(21-10-11-25-26(18-21)32-17-16-31-25)13-15-28-14-12-20-6-4-5-9-23(20)27(30,19-28)22-7-2-1-3-8-22;/h1-11,18,30H,12-17,19H2;1H/p-1. The zero-order valence-corrected chi connectivity index (χ0v) is 19.1. The molecule has 0 aromatic heterocycles. The lowest BCUT2D eigenvalue weighted by Gasteiger charge is -2.33. The Bertz CT molecular complexity index is 1120. The van der Waals surface area contributed by atoms with Gasteiger partial charge in [-0.1, -0.05) is 54.6 Å². The van der Waals surface area contributed by atoms with Crippen LogP contribution in [-0.2, 0) is 12.0 Å². The van der Waals surface area contributed by atoms with E-state index < -0.39 is 5.60 Å². The number of β-amino-alcohol motifs (C(OH)–C–C–N with tert-alkyl or cyclic N) is 1. The molecule has 0 radical (unpaired) electrons. The third kappa shape index (κ3) is 4.76. The van der Waals surface area contributed by atoms with Crippen molar-refractivity contribution >= 4 is 5.78 Å². The first-order valence-corrected chi connectivity index (χ1v) is 11.1. The van der Waals surface area contributed by atoms with Gasteiger partial charge in [-0.3, -0.25) is 9.69 Å². The van der Waals surface area contributed by atoms with Gasteiger partial charge in [0.15, 0.2) is 17.3 Å². The molecule has 0 fully saturated rings. The van der Waals surface area contributed by atoms with E-state index in [9.17, 15) is 9.90 Å². The molecule has 0 amide bonds. The van der Waals surface area contributed by atoms with E-state index in [-0.39, 0.29) is 18.2 Å². The maximum absolute atomic E-state index is 12.9. The Morgan fingerprint density at radius 1 is 0.939 bits per heavy atom. The van der Waals surface area contributed by atoms with Crippen LogP contribution in [0, 0.1) is 0 Å². The first-order chi connectivity index (χ1) is 15.6. The maximum atomic E-state index is 12.9. The SMILES string of the molecule is O=C(CCN1CCc2ccccc2C(O)(c2ccccc2)C1)c1ccc2c(c1)OCCO2.[Cl-]. The van der Waals surface area contributed by atoms with Crippen LogP contribution in [0.4, 0.5) is 0 Å². The second-order valence-corrected chi connectivity index (χ2v) is 8.44. The van der Waals surface area contributed by atoms with E-state index in [4.69, 9.17) is 9.47 Å². The molecule has 172 valence electrons. The van der Waals surface area contributed by atoms with Gasteiger partial charge in [-0.25, -0.2) is 0 Å². The summed E-state index contributed by atoms with van der Waals surface area (Å²) in [6, 6.07) is 23.3. The lowest BCUT2D eigenvalue weighted by molar-refractivity contribution is -0.0000197. The average molecular weight is 465 g/mol. The summed E-state index contributed by atoms with van der Waals surface area (Å²) in [5.74, 6) is 1.38. The Kier molecular flexibility index (Phi) is 7.03. The number of aliphatic hydroxyl groups is 1. The van der Waals surface area contributed by atoms with E-state index >= 15 is 0 Å². The van der Waals surface area contributed by atoms with Crippen LogP contribution in [0.25, 0.3) is 0 Å². The van der Waals surface area contributed by atoms with Crippen molar-refractivity contribution in [3.8, 4) is 11.5 Å². The minimum atomic E-state index is -1.12. The van der Waals surface area contributed by atoms with Gasteiger partial charge in [-0.15, -0.1) is 0 Å². The number of fused-ring (bicyclic) bond motifs is 2. The first kappa shape index (κ1) is 23.3. The minimum Gasteiger partial charge on any atom is -1.00 e. The topological polar surface area (TPSA) is 59.0 Å². The molecule has 2 heterocycles. The number of hydrogen-bond donors (Lipinski definition) is 1. The summed E-state index contributed by atoms with van der Waals surface area (Å²) < 4.78 is 11.2.